The van der Waals surface area contributed by atoms with Crippen LogP contribution in [0.2, 0.25) is 0 Å². The fourth-order valence-corrected chi connectivity index (χ4v) is 5.04. The molecule has 2 amide bonds. The average Bonchev–Trinajstić information content (AvgIpc) is 3.07. The molecular weight excluding hydrogens is 388 g/mol. The Labute approximate surface area is 165 Å². The van der Waals surface area contributed by atoms with E-state index in [4.69, 9.17) is 5.73 Å². The first-order valence-corrected chi connectivity index (χ1v) is 10.9. The van der Waals surface area contributed by atoms with E-state index in [0.717, 1.165) is 17.7 Å². The first kappa shape index (κ1) is 20.7. The van der Waals surface area contributed by atoms with Crippen LogP contribution in [0.3, 0.4) is 0 Å². The van der Waals surface area contributed by atoms with E-state index < -0.39 is 5.91 Å². The summed E-state index contributed by atoms with van der Waals surface area (Å²) in [7, 11) is 0. The molecule has 6 nitrogen and oxygen atoms in total. The van der Waals surface area contributed by atoms with Gasteiger partial charge in [-0.3, -0.25) is 9.59 Å². The number of nitrogens with two attached hydrogens (primary N) is 1. The zero-order valence-corrected chi connectivity index (χ0v) is 17.3. The van der Waals surface area contributed by atoms with Crippen LogP contribution in [-0.4, -0.2) is 33.0 Å². The van der Waals surface area contributed by atoms with Crippen LogP contribution in [-0.2, 0) is 9.59 Å². The third-order valence-electron chi connectivity index (χ3n) is 3.73. The number of rotatable bonds is 9. The maximum absolute atomic E-state index is 12.6. The second-order valence-corrected chi connectivity index (χ2v) is 9.52. The lowest BCUT2D eigenvalue weighted by atomic mass is 9.97. The second kappa shape index (κ2) is 9.94. The molecule has 0 bridgehead atoms. The zero-order valence-electron chi connectivity index (χ0n) is 14.9. The Hall–Kier alpha value is -1.58. The largest absolute Gasteiger partial charge is 0.369 e. The lowest BCUT2D eigenvalue weighted by molar-refractivity contribution is -0.116. The van der Waals surface area contributed by atoms with E-state index in [-0.39, 0.29) is 16.9 Å². The number of anilines is 1. The highest BCUT2D eigenvalue weighted by Crippen LogP contribution is 2.32. The van der Waals surface area contributed by atoms with E-state index in [1.165, 1.54) is 34.9 Å². The third kappa shape index (κ3) is 6.00. The molecule has 0 saturated heterocycles. The van der Waals surface area contributed by atoms with Gasteiger partial charge >= 0.3 is 0 Å². The molecule has 1 heterocycles. The number of amides is 2. The minimum atomic E-state index is -0.396. The van der Waals surface area contributed by atoms with Gasteiger partial charge in [0.15, 0.2) is 8.68 Å². The Kier molecular flexibility index (Phi) is 7.92. The van der Waals surface area contributed by atoms with Crippen molar-refractivity contribution in [2.45, 2.75) is 47.0 Å². The van der Waals surface area contributed by atoms with Crippen LogP contribution in [0.1, 0.15) is 38.7 Å². The third-order valence-corrected chi connectivity index (χ3v) is 7.00. The molecule has 9 heteroatoms. The molecule has 3 N–H and O–H groups in total. The van der Waals surface area contributed by atoms with Gasteiger partial charge in [-0.25, -0.2) is 0 Å². The summed E-state index contributed by atoms with van der Waals surface area (Å²) in [5.41, 5.74) is 7.12. The minimum Gasteiger partial charge on any atom is -0.369 e. The normalized spacial score (nSPS) is 13.2. The van der Waals surface area contributed by atoms with E-state index >= 15 is 0 Å². The summed E-state index contributed by atoms with van der Waals surface area (Å²) in [5, 5.41) is 10.8. The molecule has 0 aliphatic heterocycles. The molecule has 2 unspecified atom stereocenters. The molecule has 2 atom stereocenters. The maximum atomic E-state index is 12.6. The lowest BCUT2D eigenvalue weighted by Crippen LogP contribution is -2.23. The van der Waals surface area contributed by atoms with Gasteiger partial charge in [0.2, 0.25) is 11.8 Å². The summed E-state index contributed by atoms with van der Waals surface area (Å²) < 4.78 is 1.36. The number of carbonyl (C=O) groups is 2. The predicted molar refractivity (Wildman–Crippen MR) is 109 cm³/mol. The molecule has 140 valence electrons. The first-order valence-electron chi connectivity index (χ1n) is 8.21. The zero-order chi connectivity index (χ0) is 19.1. The van der Waals surface area contributed by atoms with Crippen molar-refractivity contribution in [3.8, 4) is 0 Å². The van der Waals surface area contributed by atoms with Gasteiger partial charge in [-0.1, -0.05) is 66.9 Å². The van der Waals surface area contributed by atoms with Crippen LogP contribution in [0.5, 0.6) is 0 Å². The van der Waals surface area contributed by atoms with E-state index in [9.17, 15) is 9.59 Å². The van der Waals surface area contributed by atoms with Crippen molar-refractivity contribution in [1.82, 2.24) is 10.2 Å². The summed E-state index contributed by atoms with van der Waals surface area (Å²) in [4.78, 5) is 23.4. The summed E-state index contributed by atoms with van der Waals surface area (Å²) >= 11 is 3.96. The fourth-order valence-electron chi connectivity index (χ4n) is 2.14. The molecule has 2 aromatic rings. The Morgan fingerprint density at radius 3 is 2.62 bits per heavy atom. The van der Waals surface area contributed by atoms with Crippen LogP contribution < -0.4 is 11.1 Å². The van der Waals surface area contributed by atoms with Crippen molar-refractivity contribution >= 4 is 52.4 Å². The summed E-state index contributed by atoms with van der Waals surface area (Å²) in [6.45, 7) is 6.12. The molecule has 0 fully saturated rings. The van der Waals surface area contributed by atoms with Crippen molar-refractivity contribution in [3.63, 3.8) is 0 Å². The van der Waals surface area contributed by atoms with Crippen molar-refractivity contribution in [1.29, 1.82) is 0 Å². The Bertz CT molecular complexity index is 766. The van der Waals surface area contributed by atoms with Crippen molar-refractivity contribution < 1.29 is 9.59 Å². The molecule has 0 radical (unpaired) electrons. The van der Waals surface area contributed by atoms with Crippen LogP contribution in [0.25, 0.3) is 0 Å². The average molecular weight is 411 g/mol. The van der Waals surface area contributed by atoms with E-state index in [2.05, 4.69) is 35.4 Å². The van der Waals surface area contributed by atoms with Crippen LogP contribution in [0.4, 0.5) is 5.69 Å². The molecule has 0 saturated carbocycles. The Balaban J connectivity index is 1.97. The van der Waals surface area contributed by atoms with Gasteiger partial charge in [0.05, 0.1) is 11.0 Å². The van der Waals surface area contributed by atoms with Gasteiger partial charge < -0.3 is 11.1 Å². The number of aromatic nitrogens is 2. The molecule has 1 aromatic carbocycles. The fraction of sp³-hybridized carbons (Fsp3) is 0.412. The highest BCUT2D eigenvalue weighted by atomic mass is 32.2. The number of primary amides is 1. The van der Waals surface area contributed by atoms with Crippen LogP contribution >= 0.6 is 34.9 Å². The number of hydrogen-bond acceptors (Lipinski definition) is 7. The molecular formula is C17H22N4O2S3. The maximum Gasteiger partial charge on any atom is 0.237 e. The molecule has 0 aliphatic carbocycles. The van der Waals surface area contributed by atoms with E-state index in [1.807, 2.05) is 25.1 Å². The molecule has 0 aliphatic rings. The monoisotopic (exact) mass is 410 g/mol. The number of thioether (sulfide) groups is 2. The van der Waals surface area contributed by atoms with E-state index in [1.54, 1.807) is 0 Å². The number of nitrogens with one attached hydrogen (secondary N) is 1. The topological polar surface area (TPSA) is 98.0 Å². The smallest absolute Gasteiger partial charge is 0.237 e. The molecule has 26 heavy (non-hydrogen) atoms. The van der Waals surface area contributed by atoms with Crippen molar-refractivity contribution in [2.24, 2.45) is 5.73 Å². The molecule has 2 rings (SSSR count). The highest BCUT2D eigenvalue weighted by Gasteiger charge is 2.19. The second-order valence-electron chi connectivity index (χ2n) is 5.73. The number of para-hydroxylation sites is 1. The lowest BCUT2D eigenvalue weighted by Gasteiger charge is -2.17. The standard InChI is InChI=1S/C17H22N4O2S3/c1-4-10(2)12-7-5-6-8-13(12)19-15(23)11(3)25-17-21-20-16(26-17)24-9-14(18)22/h5-8,10-11H,4,9H2,1-3H3,(H2,18,22)(H,19,23). The molecule has 0 spiro atoms. The number of hydrogen-bond donors (Lipinski definition) is 2. The summed E-state index contributed by atoms with van der Waals surface area (Å²) in [6.07, 6.45) is 1.01. The summed E-state index contributed by atoms with van der Waals surface area (Å²) in [5.74, 6) is 0.0729. The van der Waals surface area contributed by atoms with Crippen molar-refractivity contribution in [3.05, 3.63) is 29.8 Å². The van der Waals surface area contributed by atoms with Crippen LogP contribution in [0, 0.1) is 0 Å². The van der Waals surface area contributed by atoms with Gasteiger partial charge in [-0.2, -0.15) is 0 Å². The quantitative estimate of drug-likeness (QED) is 0.611. The van der Waals surface area contributed by atoms with Gasteiger partial charge in [0.1, 0.15) is 0 Å². The Morgan fingerprint density at radius 2 is 1.92 bits per heavy atom. The van der Waals surface area contributed by atoms with Crippen LogP contribution in [0.15, 0.2) is 32.9 Å². The highest BCUT2D eigenvalue weighted by molar-refractivity contribution is 8.04. The van der Waals surface area contributed by atoms with Gasteiger partial charge in [0, 0.05) is 5.69 Å². The number of carbonyl (C=O) groups excluding carboxylic acids is 2. The van der Waals surface area contributed by atoms with Gasteiger partial charge in [-0.05, 0) is 30.9 Å². The summed E-state index contributed by atoms with van der Waals surface area (Å²) in [6, 6.07) is 7.89. The van der Waals surface area contributed by atoms with Gasteiger partial charge in [-0.15, -0.1) is 10.2 Å². The SMILES string of the molecule is CCC(C)c1ccccc1NC(=O)C(C)Sc1nnc(SCC(N)=O)s1. The van der Waals surface area contributed by atoms with E-state index in [0.29, 0.717) is 14.6 Å². The Morgan fingerprint density at radius 1 is 1.23 bits per heavy atom. The first-order chi connectivity index (χ1) is 12.4. The number of nitrogens with zero attached hydrogens (tertiary/aromatic N) is 2. The van der Waals surface area contributed by atoms with Gasteiger partial charge in [0.25, 0.3) is 0 Å². The molecule has 1 aromatic heterocycles. The predicted octanol–water partition coefficient (Wildman–Crippen LogP) is 3.75. The number of benzene rings is 1. The minimum absolute atomic E-state index is 0.0766. The van der Waals surface area contributed by atoms with Crippen molar-refractivity contribution in [2.75, 3.05) is 11.1 Å².